The third kappa shape index (κ3) is 3.53. The largest absolute Gasteiger partial charge is 0.378 e. The molecule has 106 valence electrons. The highest BCUT2D eigenvalue weighted by atomic mass is 35.5. The molecule has 0 bridgehead atoms. The molecule has 0 aliphatic heterocycles. The summed E-state index contributed by atoms with van der Waals surface area (Å²) in [6, 6.07) is 14.0. The first-order chi connectivity index (χ1) is 10.0. The van der Waals surface area contributed by atoms with Crippen LogP contribution in [-0.2, 0) is 0 Å². The van der Waals surface area contributed by atoms with Gasteiger partial charge < -0.3 is 10.2 Å². The molecule has 0 aliphatic carbocycles. The van der Waals surface area contributed by atoms with Gasteiger partial charge in [0.15, 0.2) is 0 Å². The Bertz CT molecular complexity index is 720. The van der Waals surface area contributed by atoms with E-state index in [1.807, 2.05) is 37.2 Å². The Balaban J connectivity index is 2.22. The second kappa shape index (κ2) is 6.29. The molecule has 0 heterocycles. The van der Waals surface area contributed by atoms with Crippen LogP contribution in [0, 0.1) is 11.3 Å². The van der Waals surface area contributed by atoms with E-state index in [9.17, 15) is 4.79 Å². The topological polar surface area (TPSA) is 56.1 Å². The smallest absolute Gasteiger partial charge is 0.255 e. The van der Waals surface area contributed by atoms with Crippen LogP contribution in [0.25, 0.3) is 0 Å². The molecule has 5 heteroatoms. The van der Waals surface area contributed by atoms with E-state index in [0.717, 1.165) is 5.69 Å². The van der Waals surface area contributed by atoms with E-state index in [4.69, 9.17) is 16.9 Å². The highest BCUT2D eigenvalue weighted by molar-refractivity contribution is 6.34. The van der Waals surface area contributed by atoms with Crippen molar-refractivity contribution in [2.75, 3.05) is 24.3 Å². The number of rotatable bonds is 3. The van der Waals surface area contributed by atoms with Crippen LogP contribution in [0.5, 0.6) is 0 Å². The molecule has 1 N–H and O–H groups in total. The molecule has 21 heavy (non-hydrogen) atoms. The van der Waals surface area contributed by atoms with E-state index in [1.54, 1.807) is 24.3 Å². The zero-order valence-corrected chi connectivity index (χ0v) is 12.5. The lowest BCUT2D eigenvalue weighted by Gasteiger charge is -2.13. The van der Waals surface area contributed by atoms with Gasteiger partial charge in [0.05, 0.1) is 22.3 Å². The highest BCUT2D eigenvalue weighted by Gasteiger charge is 2.10. The maximum absolute atomic E-state index is 12.2. The Morgan fingerprint density at radius 3 is 2.62 bits per heavy atom. The fourth-order valence-electron chi connectivity index (χ4n) is 1.81. The monoisotopic (exact) mass is 299 g/mol. The molecule has 0 saturated heterocycles. The number of nitriles is 1. The predicted octanol–water partition coefficient (Wildman–Crippen LogP) is 3.53. The van der Waals surface area contributed by atoms with Crippen molar-refractivity contribution in [3.8, 4) is 6.07 Å². The summed E-state index contributed by atoms with van der Waals surface area (Å²) in [5, 5.41) is 11.9. The third-order valence-electron chi connectivity index (χ3n) is 2.97. The molecule has 0 aliphatic rings. The molecular weight excluding hydrogens is 286 g/mol. The van der Waals surface area contributed by atoms with Crippen LogP contribution >= 0.6 is 11.6 Å². The van der Waals surface area contributed by atoms with Gasteiger partial charge >= 0.3 is 0 Å². The van der Waals surface area contributed by atoms with Gasteiger partial charge in [-0.15, -0.1) is 0 Å². The lowest BCUT2D eigenvalue weighted by atomic mass is 10.1. The summed E-state index contributed by atoms with van der Waals surface area (Å²) in [5.41, 5.74) is 2.42. The van der Waals surface area contributed by atoms with Gasteiger partial charge in [-0.25, -0.2) is 0 Å². The van der Waals surface area contributed by atoms with Gasteiger partial charge in [-0.05, 0) is 36.4 Å². The molecular formula is C16H14ClN3O. The van der Waals surface area contributed by atoms with Crippen molar-refractivity contribution < 1.29 is 4.79 Å². The van der Waals surface area contributed by atoms with Gasteiger partial charge in [-0.1, -0.05) is 17.7 Å². The van der Waals surface area contributed by atoms with Gasteiger partial charge in [-0.2, -0.15) is 5.26 Å². The minimum absolute atomic E-state index is 0.245. The molecule has 0 fully saturated rings. The van der Waals surface area contributed by atoms with Crippen molar-refractivity contribution in [3.05, 3.63) is 58.6 Å². The molecule has 0 saturated carbocycles. The molecule has 2 aromatic rings. The van der Waals surface area contributed by atoms with Gasteiger partial charge in [0.1, 0.15) is 0 Å². The predicted molar refractivity (Wildman–Crippen MR) is 84.9 cm³/mol. The van der Waals surface area contributed by atoms with Crippen LogP contribution in [0.3, 0.4) is 0 Å². The molecule has 0 atom stereocenters. The van der Waals surface area contributed by atoms with E-state index in [2.05, 4.69) is 5.32 Å². The molecule has 4 nitrogen and oxygen atoms in total. The summed E-state index contributed by atoms with van der Waals surface area (Å²) in [6.07, 6.45) is 0. The third-order valence-corrected chi connectivity index (χ3v) is 3.28. The number of hydrogen-bond acceptors (Lipinski definition) is 3. The Morgan fingerprint density at radius 2 is 2.00 bits per heavy atom. The molecule has 2 aromatic carbocycles. The lowest BCUT2D eigenvalue weighted by Crippen LogP contribution is -2.14. The average molecular weight is 300 g/mol. The summed E-state index contributed by atoms with van der Waals surface area (Å²) in [6.45, 7) is 0. The molecule has 0 spiro atoms. The Labute approximate surface area is 128 Å². The number of benzene rings is 2. The van der Waals surface area contributed by atoms with E-state index < -0.39 is 0 Å². The summed E-state index contributed by atoms with van der Waals surface area (Å²) in [4.78, 5) is 14.2. The second-order valence-corrected chi connectivity index (χ2v) is 5.11. The minimum atomic E-state index is -0.245. The zero-order valence-electron chi connectivity index (χ0n) is 11.7. The molecule has 0 aromatic heterocycles. The average Bonchev–Trinajstić information content (AvgIpc) is 2.49. The van der Waals surface area contributed by atoms with E-state index in [0.29, 0.717) is 21.8 Å². The molecule has 0 unspecified atom stereocenters. The number of anilines is 2. The van der Waals surface area contributed by atoms with Crippen LogP contribution in [0.1, 0.15) is 15.9 Å². The second-order valence-electron chi connectivity index (χ2n) is 4.71. The van der Waals surface area contributed by atoms with Crippen molar-refractivity contribution in [3.63, 3.8) is 0 Å². The van der Waals surface area contributed by atoms with Crippen molar-refractivity contribution in [1.29, 1.82) is 5.26 Å². The SMILES string of the molecule is CN(C)c1cccc(C(=O)Nc2ccc(C#N)cc2Cl)c1. The summed E-state index contributed by atoms with van der Waals surface area (Å²) < 4.78 is 0. The van der Waals surface area contributed by atoms with Crippen molar-refractivity contribution in [2.24, 2.45) is 0 Å². The summed E-state index contributed by atoms with van der Waals surface area (Å²) in [7, 11) is 3.82. The number of carbonyl (C=O) groups excluding carboxylic acids is 1. The fraction of sp³-hybridized carbons (Fsp3) is 0.125. The van der Waals surface area contributed by atoms with E-state index >= 15 is 0 Å². The van der Waals surface area contributed by atoms with Gasteiger partial charge in [-0.3, -0.25) is 4.79 Å². The number of nitrogens with zero attached hydrogens (tertiary/aromatic N) is 2. The number of halogens is 1. The number of carbonyl (C=O) groups is 1. The number of amides is 1. The first-order valence-electron chi connectivity index (χ1n) is 6.29. The first-order valence-corrected chi connectivity index (χ1v) is 6.67. The molecule has 0 radical (unpaired) electrons. The molecule has 1 amide bonds. The van der Waals surface area contributed by atoms with E-state index in [-0.39, 0.29) is 5.91 Å². The summed E-state index contributed by atoms with van der Waals surface area (Å²) >= 11 is 6.05. The van der Waals surface area contributed by atoms with E-state index in [1.165, 1.54) is 6.07 Å². The maximum Gasteiger partial charge on any atom is 0.255 e. The van der Waals surface area contributed by atoms with Gasteiger partial charge in [0, 0.05) is 25.3 Å². The van der Waals surface area contributed by atoms with Gasteiger partial charge in [0.25, 0.3) is 5.91 Å². The maximum atomic E-state index is 12.2. The van der Waals surface area contributed by atoms with Crippen molar-refractivity contribution in [1.82, 2.24) is 0 Å². The highest BCUT2D eigenvalue weighted by Crippen LogP contribution is 2.24. The minimum Gasteiger partial charge on any atom is -0.378 e. The summed E-state index contributed by atoms with van der Waals surface area (Å²) in [5.74, 6) is -0.245. The first kappa shape index (κ1) is 14.9. The van der Waals surface area contributed by atoms with Crippen LogP contribution in [-0.4, -0.2) is 20.0 Å². The van der Waals surface area contributed by atoms with Crippen LogP contribution in [0.4, 0.5) is 11.4 Å². The zero-order chi connectivity index (χ0) is 15.4. The van der Waals surface area contributed by atoms with Crippen molar-refractivity contribution in [2.45, 2.75) is 0 Å². The Kier molecular flexibility index (Phi) is 4.46. The quantitative estimate of drug-likeness (QED) is 0.943. The van der Waals surface area contributed by atoms with Crippen molar-refractivity contribution >= 4 is 28.9 Å². The Morgan fingerprint density at radius 1 is 1.24 bits per heavy atom. The van der Waals surface area contributed by atoms with Gasteiger partial charge in [0.2, 0.25) is 0 Å². The standard InChI is InChI=1S/C16H14ClN3O/c1-20(2)13-5-3-4-12(9-13)16(21)19-15-7-6-11(10-18)8-14(15)17/h3-9H,1-2H3,(H,19,21). The number of nitrogens with one attached hydrogen (secondary N) is 1. The molecule has 2 rings (SSSR count). The van der Waals surface area contributed by atoms with Crippen LogP contribution < -0.4 is 10.2 Å². The number of hydrogen-bond donors (Lipinski definition) is 1. The lowest BCUT2D eigenvalue weighted by molar-refractivity contribution is 0.102. The Hall–Kier alpha value is -2.51. The van der Waals surface area contributed by atoms with Crippen LogP contribution in [0.15, 0.2) is 42.5 Å². The fourth-order valence-corrected chi connectivity index (χ4v) is 2.03. The normalized spacial score (nSPS) is 9.81. The van der Waals surface area contributed by atoms with Crippen LogP contribution in [0.2, 0.25) is 5.02 Å².